The van der Waals surface area contributed by atoms with E-state index in [1.54, 1.807) is 46.3 Å². The summed E-state index contributed by atoms with van der Waals surface area (Å²) in [4.78, 5) is 16.6. The summed E-state index contributed by atoms with van der Waals surface area (Å²) in [5.74, 6) is 0. The number of nitrogens with zero attached hydrogens (tertiary/aromatic N) is 2. The van der Waals surface area contributed by atoms with Crippen molar-refractivity contribution in [3.8, 4) is 0 Å². The summed E-state index contributed by atoms with van der Waals surface area (Å²) in [6, 6.07) is 11.2. The Morgan fingerprint density at radius 3 is 2.68 bits per heavy atom. The van der Waals surface area contributed by atoms with Crippen LogP contribution in [0.2, 0.25) is 5.02 Å². The topological polar surface area (TPSA) is 80.5 Å². The van der Waals surface area contributed by atoms with Crippen molar-refractivity contribution in [2.24, 2.45) is 0 Å². The van der Waals surface area contributed by atoms with Gasteiger partial charge in [0.2, 0.25) is 0 Å². The first-order valence-electron chi connectivity index (χ1n) is 7.13. The third-order valence-electron chi connectivity index (χ3n) is 3.64. The third-order valence-corrected chi connectivity index (χ3v) is 6.24. The minimum atomic E-state index is -3.95. The monoisotopic (exact) mass is 391 g/mol. The van der Waals surface area contributed by atoms with Crippen LogP contribution in [0.25, 0.3) is 15.9 Å². The second-order valence-electron chi connectivity index (χ2n) is 5.24. The average Bonchev–Trinajstić information content (AvgIpc) is 3.03. The van der Waals surface area contributed by atoms with E-state index in [1.807, 2.05) is 0 Å². The number of thiazole rings is 1. The zero-order chi connectivity index (χ0) is 17.6. The maximum atomic E-state index is 12.7. The van der Waals surface area contributed by atoms with Crippen LogP contribution in [0.3, 0.4) is 0 Å². The van der Waals surface area contributed by atoms with Gasteiger partial charge in [0.1, 0.15) is 4.90 Å². The van der Waals surface area contributed by atoms with E-state index in [4.69, 9.17) is 11.6 Å². The van der Waals surface area contributed by atoms with Crippen LogP contribution in [0.4, 0.5) is 5.69 Å². The van der Waals surface area contributed by atoms with Crippen molar-refractivity contribution in [1.29, 1.82) is 0 Å². The van der Waals surface area contributed by atoms with Gasteiger partial charge >= 0.3 is 0 Å². The molecule has 9 heteroatoms. The molecule has 0 aliphatic heterocycles. The summed E-state index contributed by atoms with van der Waals surface area (Å²) in [6.07, 6.45) is 1.75. The highest BCUT2D eigenvalue weighted by Gasteiger charge is 2.21. The van der Waals surface area contributed by atoms with Gasteiger partial charge in [-0.05, 0) is 24.3 Å². The normalized spacial score (nSPS) is 11.9. The molecular formula is C16H10ClN3O3S2. The summed E-state index contributed by atoms with van der Waals surface area (Å²) in [5.41, 5.74) is 0.423. The lowest BCUT2D eigenvalue weighted by Gasteiger charge is -2.11. The number of aromatic nitrogens is 2. The van der Waals surface area contributed by atoms with E-state index in [2.05, 4.69) is 9.71 Å². The molecule has 4 aromatic rings. The SMILES string of the molecule is O=c1nc2sccn2c2cc(Cl)c(S(=O)(=O)Nc3ccccc3)cc12. The molecule has 0 aliphatic carbocycles. The van der Waals surface area contributed by atoms with E-state index in [0.29, 0.717) is 16.2 Å². The molecule has 0 fully saturated rings. The Morgan fingerprint density at radius 2 is 1.92 bits per heavy atom. The lowest BCUT2D eigenvalue weighted by molar-refractivity contribution is 0.601. The number of benzene rings is 2. The van der Waals surface area contributed by atoms with Gasteiger partial charge in [0.25, 0.3) is 15.6 Å². The summed E-state index contributed by atoms with van der Waals surface area (Å²) in [7, 11) is -3.95. The van der Waals surface area contributed by atoms with E-state index in [9.17, 15) is 13.2 Å². The van der Waals surface area contributed by atoms with E-state index >= 15 is 0 Å². The molecule has 6 nitrogen and oxygen atoms in total. The number of para-hydroxylation sites is 1. The lowest BCUT2D eigenvalue weighted by atomic mass is 10.2. The van der Waals surface area contributed by atoms with Crippen molar-refractivity contribution in [2.75, 3.05) is 4.72 Å². The van der Waals surface area contributed by atoms with Crippen molar-refractivity contribution in [3.05, 3.63) is 69.4 Å². The van der Waals surface area contributed by atoms with Gasteiger partial charge in [0.05, 0.1) is 15.9 Å². The Morgan fingerprint density at radius 1 is 1.16 bits per heavy atom. The Kier molecular flexibility index (Phi) is 3.75. The van der Waals surface area contributed by atoms with Crippen LogP contribution < -0.4 is 10.3 Å². The summed E-state index contributed by atoms with van der Waals surface area (Å²) >= 11 is 7.53. The summed E-state index contributed by atoms with van der Waals surface area (Å²) < 4.78 is 29.5. The third kappa shape index (κ3) is 2.78. The first-order chi connectivity index (χ1) is 12.0. The second-order valence-corrected chi connectivity index (χ2v) is 8.17. The molecule has 126 valence electrons. The Hall–Kier alpha value is -2.42. The first kappa shape index (κ1) is 16.1. The van der Waals surface area contributed by atoms with Gasteiger partial charge in [0.15, 0.2) is 4.96 Å². The molecule has 0 bridgehead atoms. The zero-order valence-electron chi connectivity index (χ0n) is 12.5. The maximum absolute atomic E-state index is 12.7. The van der Waals surface area contributed by atoms with Gasteiger partial charge in [-0.3, -0.25) is 13.9 Å². The van der Waals surface area contributed by atoms with Crippen LogP contribution in [0.5, 0.6) is 0 Å². The smallest absolute Gasteiger partial charge is 0.281 e. The minimum Gasteiger partial charge on any atom is -0.292 e. The molecule has 0 unspecified atom stereocenters. The maximum Gasteiger partial charge on any atom is 0.281 e. The molecule has 4 rings (SSSR count). The van der Waals surface area contributed by atoms with Gasteiger partial charge in [-0.15, -0.1) is 11.3 Å². The molecule has 0 radical (unpaired) electrons. The summed E-state index contributed by atoms with van der Waals surface area (Å²) in [6.45, 7) is 0. The predicted molar refractivity (Wildman–Crippen MR) is 99.1 cm³/mol. The summed E-state index contributed by atoms with van der Waals surface area (Å²) in [5, 5.41) is 2.01. The first-order valence-corrected chi connectivity index (χ1v) is 9.87. The number of hydrogen-bond acceptors (Lipinski definition) is 5. The standard InChI is InChI=1S/C16H10ClN3O3S2/c17-12-9-13-11(15(21)18-16-20(13)6-7-24-16)8-14(12)25(22,23)19-10-4-2-1-3-5-10/h1-9,19H. The fraction of sp³-hybridized carbons (Fsp3) is 0. The highest BCUT2D eigenvalue weighted by Crippen LogP contribution is 2.28. The largest absolute Gasteiger partial charge is 0.292 e. The molecule has 2 aromatic carbocycles. The Labute approximate surface area is 151 Å². The van der Waals surface area contributed by atoms with E-state index in [1.165, 1.54) is 23.5 Å². The number of nitrogens with one attached hydrogen (secondary N) is 1. The zero-order valence-corrected chi connectivity index (χ0v) is 14.9. The van der Waals surface area contributed by atoms with Crippen LogP contribution in [0, 0.1) is 0 Å². The van der Waals surface area contributed by atoms with Crippen LogP contribution in [-0.4, -0.2) is 17.8 Å². The van der Waals surface area contributed by atoms with Crippen molar-refractivity contribution < 1.29 is 8.42 Å². The number of rotatable bonds is 3. The molecule has 0 saturated heterocycles. The van der Waals surface area contributed by atoms with Crippen LogP contribution >= 0.6 is 22.9 Å². The molecule has 1 N–H and O–H groups in total. The fourth-order valence-corrected chi connectivity index (χ4v) is 4.84. The second kappa shape index (κ2) is 5.83. The Balaban J connectivity index is 1.93. The number of fused-ring (bicyclic) bond motifs is 3. The van der Waals surface area contributed by atoms with Crippen molar-refractivity contribution in [1.82, 2.24) is 9.38 Å². The van der Waals surface area contributed by atoms with Crippen LogP contribution in [0.1, 0.15) is 0 Å². The lowest BCUT2D eigenvalue weighted by Crippen LogP contribution is -2.15. The number of hydrogen-bond donors (Lipinski definition) is 1. The number of sulfonamides is 1. The molecule has 0 atom stereocenters. The van der Waals surface area contributed by atoms with Crippen molar-refractivity contribution in [3.63, 3.8) is 0 Å². The molecule has 0 aliphatic rings. The fourth-order valence-electron chi connectivity index (χ4n) is 2.52. The molecule has 0 saturated carbocycles. The van der Waals surface area contributed by atoms with Gasteiger partial charge in [0, 0.05) is 17.3 Å². The molecule has 0 amide bonds. The highest BCUT2D eigenvalue weighted by atomic mass is 35.5. The highest BCUT2D eigenvalue weighted by molar-refractivity contribution is 7.92. The van der Waals surface area contributed by atoms with Crippen LogP contribution in [0.15, 0.2) is 63.7 Å². The van der Waals surface area contributed by atoms with Crippen molar-refractivity contribution in [2.45, 2.75) is 4.90 Å². The Bertz CT molecular complexity index is 1260. The van der Waals surface area contributed by atoms with Gasteiger partial charge in [-0.25, -0.2) is 8.42 Å². The van der Waals surface area contributed by atoms with Crippen LogP contribution in [-0.2, 0) is 10.0 Å². The minimum absolute atomic E-state index is 0.0292. The van der Waals surface area contributed by atoms with E-state index in [-0.39, 0.29) is 15.3 Å². The molecule has 2 heterocycles. The van der Waals surface area contributed by atoms with Gasteiger partial charge in [-0.1, -0.05) is 29.8 Å². The number of halogens is 1. The van der Waals surface area contributed by atoms with Gasteiger partial charge in [-0.2, -0.15) is 4.98 Å². The van der Waals surface area contributed by atoms with E-state index < -0.39 is 15.6 Å². The predicted octanol–water partition coefficient (Wildman–Crippen LogP) is 3.36. The average molecular weight is 392 g/mol. The van der Waals surface area contributed by atoms with Gasteiger partial charge < -0.3 is 0 Å². The quantitative estimate of drug-likeness (QED) is 0.580. The van der Waals surface area contributed by atoms with Crippen molar-refractivity contribution >= 4 is 54.5 Å². The molecule has 25 heavy (non-hydrogen) atoms. The number of anilines is 1. The van der Waals surface area contributed by atoms with E-state index in [0.717, 1.165) is 0 Å². The molecule has 0 spiro atoms. The molecular weight excluding hydrogens is 382 g/mol. The molecule has 2 aromatic heterocycles.